The van der Waals surface area contributed by atoms with Crippen LogP contribution in [0.3, 0.4) is 0 Å². The van der Waals surface area contributed by atoms with Crippen LogP contribution in [0.5, 0.6) is 0 Å². The summed E-state index contributed by atoms with van der Waals surface area (Å²) in [5.74, 6) is 0.746. The molecule has 1 N–H and O–H groups in total. The Morgan fingerprint density at radius 3 is 2.75 bits per heavy atom. The first kappa shape index (κ1) is 8.52. The second kappa shape index (κ2) is 3.75. The second-order valence-corrected chi connectivity index (χ2v) is 4.15. The molecule has 3 atom stereocenters. The molecule has 0 aromatic carbocycles. The van der Waals surface area contributed by atoms with E-state index >= 15 is 0 Å². The van der Waals surface area contributed by atoms with E-state index in [1.165, 1.54) is 32.1 Å². The molecule has 0 radical (unpaired) electrons. The Balaban J connectivity index is 1.94. The summed E-state index contributed by atoms with van der Waals surface area (Å²) in [7, 11) is 0. The summed E-state index contributed by atoms with van der Waals surface area (Å²) >= 11 is 0. The molecule has 1 saturated heterocycles. The molecule has 0 amide bonds. The van der Waals surface area contributed by atoms with Crippen LogP contribution in [0.4, 0.5) is 0 Å². The van der Waals surface area contributed by atoms with Gasteiger partial charge in [0.05, 0.1) is 18.8 Å². The highest BCUT2D eigenvalue weighted by Crippen LogP contribution is 2.32. The summed E-state index contributed by atoms with van der Waals surface area (Å²) in [4.78, 5) is 0. The average molecular weight is 170 g/mol. The molecule has 2 heteroatoms. The third-order valence-corrected chi connectivity index (χ3v) is 3.21. The van der Waals surface area contributed by atoms with E-state index in [4.69, 9.17) is 4.74 Å². The highest BCUT2D eigenvalue weighted by Gasteiger charge is 2.29. The van der Waals surface area contributed by atoms with Gasteiger partial charge in [-0.15, -0.1) is 0 Å². The Hall–Kier alpha value is -0.0800. The first-order chi connectivity index (χ1) is 5.86. The molecular weight excluding hydrogens is 152 g/mol. The fourth-order valence-electron chi connectivity index (χ4n) is 2.45. The molecule has 0 bridgehead atoms. The van der Waals surface area contributed by atoms with E-state index in [-0.39, 0.29) is 6.10 Å². The smallest absolute Gasteiger partial charge is 0.0773 e. The lowest BCUT2D eigenvalue weighted by molar-refractivity contribution is -0.0268. The van der Waals surface area contributed by atoms with E-state index < -0.39 is 0 Å². The molecule has 1 aliphatic heterocycles. The molecule has 0 aromatic heterocycles. The summed E-state index contributed by atoms with van der Waals surface area (Å²) in [6, 6.07) is 0. The fraction of sp³-hybridized carbons (Fsp3) is 1.00. The van der Waals surface area contributed by atoms with E-state index in [2.05, 4.69) is 0 Å². The third-order valence-electron chi connectivity index (χ3n) is 3.21. The van der Waals surface area contributed by atoms with Crippen molar-refractivity contribution < 1.29 is 9.84 Å². The van der Waals surface area contributed by atoms with Crippen LogP contribution in [-0.2, 0) is 4.74 Å². The largest absolute Gasteiger partial charge is 0.391 e. The number of aliphatic hydroxyl groups excluding tert-OH is 1. The molecule has 2 aliphatic rings. The molecule has 2 nitrogen and oxygen atoms in total. The fourth-order valence-corrected chi connectivity index (χ4v) is 2.45. The summed E-state index contributed by atoms with van der Waals surface area (Å²) in [6.45, 7) is 0.571. The summed E-state index contributed by atoms with van der Waals surface area (Å²) < 4.78 is 5.67. The van der Waals surface area contributed by atoms with Gasteiger partial charge in [-0.25, -0.2) is 0 Å². The highest BCUT2D eigenvalue weighted by molar-refractivity contribution is 4.79. The molecular formula is C10H18O2. The van der Waals surface area contributed by atoms with Gasteiger partial charge in [0.2, 0.25) is 0 Å². The Kier molecular flexibility index (Phi) is 2.66. The van der Waals surface area contributed by atoms with Gasteiger partial charge in [-0.3, -0.25) is 0 Å². The average Bonchev–Trinajstić information content (AvgIpc) is 2.29. The van der Waals surface area contributed by atoms with Gasteiger partial charge < -0.3 is 9.84 Å². The van der Waals surface area contributed by atoms with Crippen molar-refractivity contribution in [3.8, 4) is 0 Å². The van der Waals surface area contributed by atoms with Gasteiger partial charge in [-0.05, 0) is 31.6 Å². The van der Waals surface area contributed by atoms with E-state index in [1.54, 1.807) is 0 Å². The number of rotatable bonds is 0. The van der Waals surface area contributed by atoms with Crippen molar-refractivity contribution in [1.82, 2.24) is 0 Å². The molecule has 70 valence electrons. The zero-order chi connectivity index (χ0) is 8.39. The van der Waals surface area contributed by atoms with Crippen LogP contribution in [0.2, 0.25) is 0 Å². The first-order valence-electron chi connectivity index (χ1n) is 5.16. The summed E-state index contributed by atoms with van der Waals surface area (Å²) in [6.07, 6.45) is 7.60. The Morgan fingerprint density at radius 2 is 1.83 bits per heavy atom. The lowest BCUT2D eigenvalue weighted by Crippen LogP contribution is -2.26. The summed E-state index contributed by atoms with van der Waals surface area (Å²) in [5.41, 5.74) is 0. The lowest BCUT2D eigenvalue weighted by Gasteiger charge is -2.29. The predicted molar refractivity (Wildman–Crippen MR) is 46.9 cm³/mol. The maximum Gasteiger partial charge on any atom is 0.0773 e. The van der Waals surface area contributed by atoms with Gasteiger partial charge in [0.15, 0.2) is 0 Å². The van der Waals surface area contributed by atoms with E-state index in [9.17, 15) is 5.11 Å². The molecule has 0 aromatic rings. The Bertz CT molecular complexity index is 131. The first-order valence-corrected chi connectivity index (χ1v) is 5.16. The van der Waals surface area contributed by atoms with Crippen molar-refractivity contribution in [2.24, 2.45) is 5.92 Å². The number of hydrogen-bond acceptors (Lipinski definition) is 2. The minimum atomic E-state index is -0.199. The Labute approximate surface area is 73.9 Å². The Morgan fingerprint density at radius 1 is 1.00 bits per heavy atom. The van der Waals surface area contributed by atoms with E-state index in [1.807, 2.05) is 0 Å². The van der Waals surface area contributed by atoms with E-state index in [0.717, 1.165) is 12.3 Å². The molecule has 0 spiro atoms. The molecule has 2 rings (SSSR count). The van der Waals surface area contributed by atoms with Gasteiger partial charge >= 0.3 is 0 Å². The van der Waals surface area contributed by atoms with Crippen LogP contribution in [0.1, 0.15) is 38.5 Å². The van der Waals surface area contributed by atoms with Gasteiger partial charge in [0, 0.05) is 0 Å². The molecule has 2 fully saturated rings. The minimum absolute atomic E-state index is 0.199. The van der Waals surface area contributed by atoms with Crippen molar-refractivity contribution in [3.63, 3.8) is 0 Å². The van der Waals surface area contributed by atoms with Crippen LogP contribution >= 0.6 is 0 Å². The zero-order valence-corrected chi connectivity index (χ0v) is 7.54. The van der Waals surface area contributed by atoms with Crippen LogP contribution < -0.4 is 0 Å². The lowest BCUT2D eigenvalue weighted by atomic mass is 9.84. The normalized spacial score (nSPS) is 43.2. The maximum absolute atomic E-state index is 9.41. The third kappa shape index (κ3) is 1.80. The zero-order valence-electron chi connectivity index (χ0n) is 7.54. The minimum Gasteiger partial charge on any atom is -0.391 e. The SMILES string of the molecule is O[C@H]1CC[C@@H]2CCCCC2OC1. The topological polar surface area (TPSA) is 29.5 Å². The molecule has 1 saturated carbocycles. The van der Waals surface area contributed by atoms with Gasteiger partial charge in [-0.2, -0.15) is 0 Å². The van der Waals surface area contributed by atoms with Crippen molar-refractivity contribution >= 4 is 0 Å². The number of fused-ring (bicyclic) bond motifs is 1. The van der Waals surface area contributed by atoms with Crippen LogP contribution in [0.25, 0.3) is 0 Å². The van der Waals surface area contributed by atoms with Crippen molar-refractivity contribution in [2.75, 3.05) is 6.61 Å². The number of aliphatic hydroxyl groups is 1. The van der Waals surface area contributed by atoms with Crippen LogP contribution in [0.15, 0.2) is 0 Å². The van der Waals surface area contributed by atoms with Crippen molar-refractivity contribution in [2.45, 2.75) is 50.7 Å². The highest BCUT2D eigenvalue weighted by atomic mass is 16.5. The molecule has 1 aliphatic carbocycles. The monoisotopic (exact) mass is 170 g/mol. The molecule has 12 heavy (non-hydrogen) atoms. The second-order valence-electron chi connectivity index (χ2n) is 4.15. The quantitative estimate of drug-likeness (QED) is 0.599. The van der Waals surface area contributed by atoms with Crippen LogP contribution in [-0.4, -0.2) is 23.9 Å². The predicted octanol–water partition coefficient (Wildman–Crippen LogP) is 1.72. The van der Waals surface area contributed by atoms with E-state index in [0.29, 0.717) is 12.7 Å². The van der Waals surface area contributed by atoms with Crippen molar-refractivity contribution in [3.05, 3.63) is 0 Å². The maximum atomic E-state index is 9.41. The molecule has 1 unspecified atom stereocenters. The van der Waals surface area contributed by atoms with Gasteiger partial charge in [-0.1, -0.05) is 12.8 Å². The number of hydrogen-bond donors (Lipinski definition) is 1. The number of ether oxygens (including phenoxy) is 1. The standard InChI is InChI=1S/C10H18O2/c11-9-6-5-8-3-1-2-4-10(8)12-7-9/h8-11H,1-7H2/t8-,9-,10?/m0/s1. The van der Waals surface area contributed by atoms with Gasteiger partial charge in [0.1, 0.15) is 0 Å². The van der Waals surface area contributed by atoms with Crippen molar-refractivity contribution in [1.29, 1.82) is 0 Å². The van der Waals surface area contributed by atoms with Crippen LogP contribution in [0, 0.1) is 5.92 Å². The van der Waals surface area contributed by atoms with Gasteiger partial charge in [0.25, 0.3) is 0 Å². The molecule has 1 heterocycles. The summed E-state index contributed by atoms with van der Waals surface area (Å²) in [5, 5.41) is 9.41.